The molecule has 0 radical (unpaired) electrons. The van der Waals surface area contributed by atoms with Crippen molar-refractivity contribution < 1.29 is 19.1 Å². The summed E-state index contributed by atoms with van der Waals surface area (Å²) < 4.78 is 5.51. The van der Waals surface area contributed by atoms with Crippen molar-refractivity contribution in [2.45, 2.75) is 112 Å². The predicted octanol–water partition coefficient (Wildman–Crippen LogP) is 7.90. The summed E-state index contributed by atoms with van der Waals surface area (Å²) in [5.41, 5.74) is 2.37. The second-order valence-corrected chi connectivity index (χ2v) is 13.3. The van der Waals surface area contributed by atoms with Gasteiger partial charge in [0.15, 0.2) is 0 Å². The summed E-state index contributed by atoms with van der Waals surface area (Å²) in [7, 11) is 0. The van der Waals surface area contributed by atoms with Gasteiger partial charge in [0.2, 0.25) is 5.91 Å². The first-order chi connectivity index (χ1) is 18.9. The van der Waals surface area contributed by atoms with Gasteiger partial charge >= 0.3 is 6.09 Å². The van der Waals surface area contributed by atoms with E-state index in [4.69, 9.17) is 16.3 Å². The number of rotatable bonds is 10. The van der Waals surface area contributed by atoms with E-state index in [1.165, 1.54) is 0 Å². The zero-order chi connectivity index (χ0) is 31.3. The number of amides is 3. The van der Waals surface area contributed by atoms with E-state index in [2.05, 4.69) is 10.6 Å². The van der Waals surface area contributed by atoms with Gasteiger partial charge in [-0.3, -0.25) is 9.59 Å². The molecule has 0 aromatic heterocycles. The molecule has 0 aliphatic heterocycles. The van der Waals surface area contributed by atoms with Crippen LogP contribution in [0, 0.1) is 26.7 Å². The fraction of sp³-hybridized carbons (Fsp3) is 0.545. The lowest BCUT2D eigenvalue weighted by Gasteiger charge is -2.45. The number of hydrogen-bond donors (Lipinski definition) is 2. The molecular weight excluding hydrogens is 538 g/mol. The van der Waals surface area contributed by atoms with E-state index in [0.29, 0.717) is 29.1 Å². The molecule has 0 fully saturated rings. The van der Waals surface area contributed by atoms with Gasteiger partial charge in [-0.1, -0.05) is 68.3 Å². The molecule has 0 bridgehead atoms. The van der Waals surface area contributed by atoms with Crippen LogP contribution < -0.4 is 10.6 Å². The average molecular weight is 586 g/mol. The van der Waals surface area contributed by atoms with Crippen molar-refractivity contribution in [1.82, 2.24) is 10.2 Å². The van der Waals surface area contributed by atoms with Crippen LogP contribution in [0.2, 0.25) is 5.02 Å². The maximum atomic E-state index is 14.6. The van der Waals surface area contributed by atoms with Gasteiger partial charge in [0, 0.05) is 5.54 Å². The summed E-state index contributed by atoms with van der Waals surface area (Å²) >= 11 is 6.50. The maximum absolute atomic E-state index is 14.6. The van der Waals surface area contributed by atoms with E-state index < -0.39 is 29.3 Å². The Morgan fingerprint density at radius 3 is 2.15 bits per heavy atom. The Hall–Kier alpha value is -3.06. The Bertz CT molecular complexity index is 1230. The molecule has 2 atom stereocenters. The number of alkyl carbamates (subject to hydrolysis) is 1. The maximum Gasteiger partial charge on any atom is 0.408 e. The lowest BCUT2D eigenvalue weighted by Crippen LogP contribution is -2.59. The van der Waals surface area contributed by atoms with Gasteiger partial charge in [0.25, 0.3) is 5.91 Å². The van der Waals surface area contributed by atoms with Gasteiger partial charge < -0.3 is 20.3 Å². The SMILES string of the molecule is CCC(C)(C)N(C(=O)C(CC(C)C)NC(=O)OC(C)(C)C)C(C(=O)Nc1c(C)cccc1Cl)c1cc(C)ccc1C. The Kier molecular flexibility index (Phi) is 11.4. The van der Waals surface area contributed by atoms with Gasteiger partial charge in [0.05, 0.1) is 10.7 Å². The number of para-hydroxylation sites is 1. The third kappa shape index (κ3) is 9.22. The average Bonchev–Trinajstić information content (AvgIpc) is 2.84. The van der Waals surface area contributed by atoms with Crippen molar-refractivity contribution in [3.8, 4) is 0 Å². The van der Waals surface area contributed by atoms with Crippen molar-refractivity contribution in [3.05, 3.63) is 63.7 Å². The largest absolute Gasteiger partial charge is 0.444 e. The number of halogens is 1. The van der Waals surface area contributed by atoms with Crippen molar-refractivity contribution in [1.29, 1.82) is 0 Å². The summed E-state index contributed by atoms with van der Waals surface area (Å²) in [6.07, 6.45) is 0.267. The number of carbonyl (C=O) groups excluding carboxylic acids is 3. The molecule has 3 amide bonds. The number of anilines is 1. The molecule has 0 aliphatic rings. The minimum absolute atomic E-state index is 0.0873. The molecule has 0 saturated heterocycles. The highest BCUT2D eigenvalue weighted by Crippen LogP contribution is 2.36. The quantitative estimate of drug-likeness (QED) is 0.296. The summed E-state index contributed by atoms with van der Waals surface area (Å²) in [4.78, 5) is 43.5. The molecule has 0 saturated carbocycles. The van der Waals surface area contributed by atoms with Crippen LogP contribution in [0.25, 0.3) is 0 Å². The molecule has 8 heteroatoms. The molecule has 0 aliphatic carbocycles. The first-order valence-electron chi connectivity index (χ1n) is 14.3. The number of nitrogens with zero attached hydrogens (tertiary/aromatic N) is 1. The van der Waals surface area contributed by atoms with Crippen LogP contribution in [0.4, 0.5) is 10.5 Å². The Morgan fingerprint density at radius 2 is 1.61 bits per heavy atom. The zero-order valence-corrected chi connectivity index (χ0v) is 27.3. The molecule has 2 rings (SSSR count). The molecule has 7 nitrogen and oxygen atoms in total. The van der Waals surface area contributed by atoms with Crippen molar-refractivity contribution in [2.75, 3.05) is 5.32 Å². The van der Waals surface area contributed by atoms with Gasteiger partial charge in [-0.25, -0.2) is 4.79 Å². The minimum atomic E-state index is -0.997. The fourth-order valence-electron chi connectivity index (χ4n) is 4.69. The highest BCUT2D eigenvalue weighted by atomic mass is 35.5. The molecular formula is C33H48ClN3O4. The first-order valence-corrected chi connectivity index (χ1v) is 14.7. The van der Waals surface area contributed by atoms with Crippen LogP contribution in [-0.4, -0.2) is 40.0 Å². The van der Waals surface area contributed by atoms with Crippen LogP contribution in [-0.2, 0) is 14.3 Å². The van der Waals surface area contributed by atoms with E-state index in [1.807, 2.05) is 85.7 Å². The summed E-state index contributed by atoms with van der Waals surface area (Å²) in [5.74, 6) is -0.650. The van der Waals surface area contributed by atoms with Crippen molar-refractivity contribution >= 4 is 35.2 Å². The highest BCUT2D eigenvalue weighted by molar-refractivity contribution is 6.34. The van der Waals surface area contributed by atoms with E-state index in [0.717, 1.165) is 16.7 Å². The second-order valence-electron chi connectivity index (χ2n) is 12.9. The summed E-state index contributed by atoms with van der Waals surface area (Å²) in [6.45, 7) is 20.9. The fourth-order valence-corrected chi connectivity index (χ4v) is 4.96. The van der Waals surface area contributed by atoms with Crippen LogP contribution in [0.5, 0.6) is 0 Å². The van der Waals surface area contributed by atoms with E-state index in [9.17, 15) is 14.4 Å². The summed E-state index contributed by atoms with van der Waals surface area (Å²) in [5, 5.41) is 6.26. The molecule has 226 valence electrons. The smallest absolute Gasteiger partial charge is 0.408 e. The van der Waals surface area contributed by atoms with Gasteiger partial charge in [-0.05, 0) is 96.9 Å². The first kappa shape index (κ1) is 34.1. The van der Waals surface area contributed by atoms with Gasteiger partial charge in [0.1, 0.15) is 17.7 Å². The van der Waals surface area contributed by atoms with E-state index in [-0.39, 0.29) is 17.7 Å². The van der Waals surface area contributed by atoms with Crippen molar-refractivity contribution in [2.24, 2.45) is 5.92 Å². The minimum Gasteiger partial charge on any atom is -0.444 e. The Labute approximate surface area is 251 Å². The molecule has 41 heavy (non-hydrogen) atoms. The topological polar surface area (TPSA) is 87.7 Å². The molecule has 2 unspecified atom stereocenters. The van der Waals surface area contributed by atoms with Gasteiger partial charge in [-0.15, -0.1) is 0 Å². The third-order valence-corrected chi connectivity index (χ3v) is 7.47. The third-order valence-electron chi connectivity index (χ3n) is 7.16. The zero-order valence-electron chi connectivity index (χ0n) is 26.6. The lowest BCUT2D eigenvalue weighted by atomic mass is 9.89. The number of benzene rings is 2. The second kappa shape index (κ2) is 13.7. The number of ether oxygens (including phenoxy) is 1. The van der Waals surface area contributed by atoms with E-state index >= 15 is 0 Å². The number of aryl methyl sites for hydroxylation is 3. The standard InChI is InChI=1S/C33H48ClN3O4/c1-12-33(10,11)37(30(39)26(18-20(2)3)35-31(40)41-32(7,8)9)28(24-19-21(4)16-17-22(24)5)29(38)36-27-23(6)14-13-15-25(27)34/h13-17,19-20,26,28H,12,18H2,1-11H3,(H,35,40)(H,36,38). The molecule has 2 N–H and O–H groups in total. The molecule has 2 aromatic carbocycles. The van der Waals surface area contributed by atoms with Gasteiger partial charge in [-0.2, -0.15) is 0 Å². The van der Waals surface area contributed by atoms with E-state index in [1.54, 1.807) is 31.7 Å². The molecule has 0 spiro atoms. The molecule has 0 heterocycles. The number of carbonyl (C=O) groups is 3. The Balaban J connectivity index is 2.75. The number of nitrogens with one attached hydrogen (secondary N) is 2. The normalized spacial score (nSPS) is 13.4. The monoisotopic (exact) mass is 585 g/mol. The van der Waals surface area contributed by atoms with Crippen LogP contribution in [0.1, 0.15) is 96.5 Å². The predicted molar refractivity (Wildman–Crippen MR) is 167 cm³/mol. The lowest BCUT2D eigenvalue weighted by molar-refractivity contribution is -0.148. The van der Waals surface area contributed by atoms with Crippen LogP contribution in [0.3, 0.4) is 0 Å². The summed E-state index contributed by atoms with van der Waals surface area (Å²) in [6, 6.07) is 9.40. The Morgan fingerprint density at radius 1 is 0.976 bits per heavy atom. The number of hydrogen-bond acceptors (Lipinski definition) is 4. The van der Waals surface area contributed by atoms with Crippen LogP contribution >= 0.6 is 11.6 Å². The molecule has 2 aromatic rings. The van der Waals surface area contributed by atoms with Crippen LogP contribution in [0.15, 0.2) is 36.4 Å². The highest BCUT2D eigenvalue weighted by Gasteiger charge is 2.44. The van der Waals surface area contributed by atoms with Crippen molar-refractivity contribution in [3.63, 3.8) is 0 Å².